The van der Waals surface area contributed by atoms with Crippen LogP contribution in [0.4, 0.5) is 0 Å². The zero-order valence-electron chi connectivity index (χ0n) is 25.1. The van der Waals surface area contributed by atoms with E-state index in [9.17, 15) is 9.90 Å². The highest BCUT2D eigenvalue weighted by atomic mass is 16.7. The molecule has 1 N–H and O–H groups in total. The van der Waals surface area contributed by atoms with Crippen LogP contribution < -0.4 is 0 Å². The van der Waals surface area contributed by atoms with Crippen LogP contribution in [0, 0.1) is 29.1 Å². The fourth-order valence-electron chi connectivity index (χ4n) is 5.80. The molecule has 7 heteroatoms. The largest absolute Gasteiger partial charge is 0.469 e. The maximum Gasteiger partial charge on any atom is 0.305 e. The van der Waals surface area contributed by atoms with Crippen molar-refractivity contribution in [2.45, 2.75) is 129 Å². The van der Waals surface area contributed by atoms with Crippen LogP contribution in [0.1, 0.15) is 97.8 Å². The highest BCUT2D eigenvalue weighted by molar-refractivity contribution is 5.69. The number of unbranched alkanes of at least 4 members (excludes halogenated alkanes) is 1. The lowest BCUT2D eigenvalue weighted by atomic mass is 9.81. The Hall–Kier alpha value is -1.69. The van der Waals surface area contributed by atoms with Crippen LogP contribution in [-0.4, -0.2) is 62.3 Å². The van der Waals surface area contributed by atoms with E-state index in [-0.39, 0.29) is 48.0 Å². The first-order chi connectivity index (χ1) is 19.3. The van der Waals surface area contributed by atoms with Crippen molar-refractivity contribution in [1.82, 2.24) is 0 Å². The van der Waals surface area contributed by atoms with Crippen LogP contribution in [-0.2, 0) is 28.5 Å². The fourth-order valence-corrected chi connectivity index (χ4v) is 5.80. The summed E-state index contributed by atoms with van der Waals surface area (Å²) in [4.78, 5) is 11.4. The molecule has 0 bridgehead atoms. The van der Waals surface area contributed by atoms with E-state index < -0.39 is 6.10 Å². The third-order valence-corrected chi connectivity index (χ3v) is 8.35. The second kappa shape index (κ2) is 17.3. The van der Waals surface area contributed by atoms with Crippen molar-refractivity contribution < 1.29 is 33.6 Å². The van der Waals surface area contributed by atoms with E-state index in [1.165, 1.54) is 7.11 Å². The van der Waals surface area contributed by atoms with Gasteiger partial charge in [-0.15, -0.1) is 11.8 Å². The van der Waals surface area contributed by atoms with Crippen molar-refractivity contribution in [3.05, 3.63) is 24.3 Å². The smallest absolute Gasteiger partial charge is 0.305 e. The number of ether oxygens (including phenoxy) is 5. The number of hydrogen-bond acceptors (Lipinski definition) is 7. The number of allylic oxidation sites excluding steroid dienone is 2. The van der Waals surface area contributed by atoms with Gasteiger partial charge >= 0.3 is 5.97 Å². The van der Waals surface area contributed by atoms with Crippen LogP contribution in [0.2, 0.25) is 0 Å². The highest BCUT2D eigenvalue weighted by Crippen LogP contribution is 2.40. The Morgan fingerprint density at radius 2 is 1.82 bits per heavy atom. The summed E-state index contributed by atoms with van der Waals surface area (Å²) in [5, 5.41) is 11.1. The number of carbonyl (C=O) groups is 1. The predicted octanol–water partition coefficient (Wildman–Crippen LogP) is 6.09. The molecule has 3 rings (SSSR count). The van der Waals surface area contributed by atoms with Crippen molar-refractivity contribution >= 4 is 5.97 Å². The Labute approximate surface area is 242 Å². The van der Waals surface area contributed by atoms with E-state index in [2.05, 4.69) is 50.0 Å². The molecule has 2 aliphatic heterocycles. The van der Waals surface area contributed by atoms with Gasteiger partial charge in [0.2, 0.25) is 0 Å². The number of methoxy groups -OCH3 is 1. The topological polar surface area (TPSA) is 83.5 Å². The molecule has 7 atom stereocenters. The molecule has 0 aromatic carbocycles. The molecule has 0 aromatic heterocycles. The number of aliphatic hydroxyl groups is 1. The molecule has 0 radical (unpaired) electrons. The molecule has 226 valence electrons. The van der Waals surface area contributed by atoms with E-state index in [1.54, 1.807) is 0 Å². The number of esters is 1. The van der Waals surface area contributed by atoms with E-state index in [0.717, 1.165) is 71.0 Å². The molecule has 7 nitrogen and oxygen atoms in total. The summed E-state index contributed by atoms with van der Waals surface area (Å²) in [6, 6.07) is 0. The Bertz CT molecular complexity index is 858. The van der Waals surface area contributed by atoms with Gasteiger partial charge in [-0.2, -0.15) is 0 Å². The minimum atomic E-state index is -0.469. The van der Waals surface area contributed by atoms with Crippen LogP contribution >= 0.6 is 0 Å². The second-order valence-electron chi connectivity index (χ2n) is 12.0. The molecule has 1 saturated carbocycles. The minimum absolute atomic E-state index is 0.0201. The molecule has 2 unspecified atom stereocenters. The first-order valence-corrected chi connectivity index (χ1v) is 15.4. The first-order valence-electron chi connectivity index (χ1n) is 15.4. The number of carbonyl (C=O) groups excluding carboxylic acids is 1. The van der Waals surface area contributed by atoms with Crippen LogP contribution in [0.5, 0.6) is 0 Å². The third kappa shape index (κ3) is 10.6. The summed E-state index contributed by atoms with van der Waals surface area (Å²) in [7, 11) is 1.42. The Morgan fingerprint density at radius 3 is 2.48 bits per heavy atom. The zero-order valence-corrected chi connectivity index (χ0v) is 25.1. The molecule has 40 heavy (non-hydrogen) atoms. The van der Waals surface area contributed by atoms with Crippen LogP contribution in [0.15, 0.2) is 24.3 Å². The van der Waals surface area contributed by atoms with Crippen molar-refractivity contribution in [2.75, 3.05) is 20.3 Å². The average molecular weight is 561 g/mol. The van der Waals surface area contributed by atoms with Crippen LogP contribution in [0.3, 0.4) is 0 Å². The third-order valence-electron chi connectivity index (χ3n) is 8.35. The van der Waals surface area contributed by atoms with Gasteiger partial charge < -0.3 is 28.8 Å². The van der Waals surface area contributed by atoms with Gasteiger partial charge in [-0.25, -0.2) is 0 Å². The molecule has 0 amide bonds. The molecule has 3 aliphatic rings. The molecule has 2 heterocycles. The van der Waals surface area contributed by atoms with Gasteiger partial charge in [-0.05, 0) is 70.6 Å². The van der Waals surface area contributed by atoms with E-state index in [0.29, 0.717) is 19.3 Å². The lowest BCUT2D eigenvalue weighted by molar-refractivity contribution is -0.197. The monoisotopic (exact) mass is 560 g/mol. The summed E-state index contributed by atoms with van der Waals surface area (Å²) in [6.07, 6.45) is 17.6. The Morgan fingerprint density at radius 1 is 1.10 bits per heavy atom. The van der Waals surface area contributed by atoms with Gasteiger partial charge in [0.1, 0.15) is 0 Å². The van der Waals surface area contributed by atoms with Gasteiger partial charge in [0.15, 0.2) is 12.6 Å². The van der Waals surface area contributed by atoms with Crippen LogP contribution in [0.25, 0.3) is 0 Å². The van der Waals surface area contributed by atoms with Crippen molar-refractivity contribution in [3.8, 4) is 11.8 Å². The van der Waals surface area contributed by atoms with Gasteiger partial charge in [-0.1, -0.05) is 38.2 Å². The standard InChI is InChI=1S/C33H52O7/c1-5-6-21-33(2,3)29(40-32-18-12-14-23-38-32)20-19-26-25(15-9-7-8-10-16-30(35)36-4)27(34)24-28(26)39-31-17-11-13-22-37-31/h7,9,19-20,25-29,31-32,34H,8,10-18,21-24H2,1-4H3/t25-,26-,27+,28-,29-,31?,32?/m1/s1. The SMILES string of the molecule is CC#CCC(C)(C)[C@@H](C=C[C@@H]1[C@@H](CC=CCCCC(=O)OC)[C@@H](O)C[C@H]1OC1CCCCO1)OC1CCCCO1. The van der Waals surface area contributed by atoms with Crippen molar-refractivity contribution in [3.63, 3.8) is 0 Å². The summed E-state index contributed by atoms with van der Waals surface area (Å²) in [5.74, 6) is 6.13. The molecular weight excluding hydrogens is 508 g/mol. The maximum atomic E-state index is 11.4. The van der Waals surface area contributed by atoms with E-state index >= 15 is 0 Å². The number of aliphatic hydroxyl groups excluding tert-OH is 1. The molecular formula is C33H52O7. The molecule has 2 saturated heterocycles. The molecule has 1 aliphatic carbocycles. The zero-order chi connectivity index (χ0) is 28.8. The molecule has 0 aromatic rings. The summed E-state index contributed by atoms with van der Waals surface area (Å²) in [5.41, 5.74) is -0.213. The lowest BCUT2D eigenvalue weighted by Gasteiger charge is -2.35. The molecule has 3 fully saturated rings. The number of hydrogen-bond donors (Lipinski definition) is 1. The van der Waals surface area contributed by atoms with Crippen molar-refractivity contribution in [1.29, 1.82) is 0 Å². The van der Waals surface area contributed by atoms with Gasteiger partial charge in [0.05, 0.1) is 25.4 Å². The van der Waals surface area contributed by atoms with E-state index in [1.807, 2.05) is 6.92 Å². The van der Waals surface area contributed by atoms with Gasteiger partial charge in [-0.3, -0.25) is 4.79 Å². The van der Waals surface area contributed by atoms with Gasteiger partial charge in [0.25, 0.3) is 0 Å². The quantitative estimate of drug-likeness (QED) is 0.119. The average Bonchev–Trinajstić information content (AvgIpc) is 3.25. The second-order valence-corrected chi connectivity index (χ2v) is 12.0. The summed E-state index contributed by atoms with van der Waals surface area (Å²) < 4.78 is 29.6. The first kappa shape index (κ1) is 32.8. The Kier molecular flexibility index (Phi) is 14.2. The maximum absolute atomic E-state index is 11.4. The molecule has 0 spiro atoms. The highest BCUT2D eigenvalue weighted by Gasteiger charge is 2.43. The number of rotatable bonds is 14. The lowest BCUT2D eigenvalue weighted by Crippen LogP contribution is -2.36. The summed E-state index contributed by atoms with van der Waals surface area (Å²) in [6.45, 7) is 7.71. The van der Waals surface area contributed by atoms with Crippen molar-refractivity contribution in [2.24, 2.45) is 17.3 Å². The normalized spacial score (nSPS) is 30.3. The minimum Gasteiger partial charge on any atom is -0.469 e. The summed E-state index contributed by atoms with van der Waals surface area (Å²) >= 11 is 0. The van der Waals surface area contributed by atoms with Gasteiger partial charge in [0, 0.05) is 43.8 Å². The predicted molar refractivity (Wildman–Crippen MR) is 155 cm³/mol. The fraction of sp³-hybridized carbons (Fsp3) is 0.788. The Balaban J connectivity index is 1.75. The van der Waals surface area contributed by atoms with E-state index in [4.69, 9.17) is 23.7 Å².